The fraction of sp³-hybridized carbons (Fsp3) is 0.500. The summed E-state index contributed by atoms with van der Waals surface area (Å²) >= 11 is 0. The maximum Gasteiger partial charge on any atom is 0.255 e. The number of nitrogens with zero attached hydrogens (tertiary/aromatic N) is 5. The fourth-order valence-electron chi connectivity index (χ4n) is 4.96. The molecule has 30 heavy (non-hydrogen) atoms. The van der Waals surface area contributed by atoms with Gasteiger partial charge in [-0.3, -0.25) is 9.69 Å². The van der Waals surface area contributed by atoms with Gasteiger partial charge in [0.05, 0.1) is 17.2 Å². The van der Waals surface area contributed by atoms with Crippen molar-refractivity contribution >= 4 is 5.91 Å². The molecule has 6 nitrogen and oxygen atoms in total. The zero-order valence-corrected chi connectivity index (χ0v) is 18.3. The predicted octanol–water partition coefficient (Wildman–Crippen LogP) is 2.82. The molecule has 0 saturated carbocycles. The molecule has 1 aromatic carbocycles. The maximum atomic E-state index is 13.3. The van der Waals surface area contributed by atoms with Gasteiger partial charge in [0.15, 0.2) is 0 Å². The quantitative estimate of drug-likeness (QED) is 0.788. The van der Waals surface area contributed by atoms with E-state index in [1.165, 1.54) is 19.4 Å². The molecule has 2 aliphatic heterocycles. The van der Waals surface area contributed by atoms with Gasteiger partial charge in [-0.05, 0) is 70.6 Å². The summed E-state index contributed by atoms with van der Waals surface area (Å²) < 4.78 is 2.10. The number of piperazine rings is 1. The molecule has 0 radical (unpaired) electrons. The van der Waals surface area contributed by atoms with Gasteiger partial charge in [-0.15, -0.1) is 0 Å². The third kappa shape index (κ3) is 4.00. The topological polar surface area (TPSA) is 55.5 Å². The van der Waals surface area contributed by atoms with E-state index in [0.717, 1.165) is 55.4 Å². The molecule has 0 N–H and O–H groups in total. The van der Waals surface area contributed by atoms with Gasteiger partial charge < -0.3 is 14.4 Å². The summed E-state index contributed by atoms with van der Waals surface area (Å²) in [6.45, 7) is 9.87. The Morgan fingerprint density at radius 1 is 1.07 bits per heavy atom. The SMILES string of the molecule is Cc1cc(C(=O)N2CCN(C3CCCN(C)C3)CC2)c(C)n1-c1ccc(C#N)cc1. The fourth-order valence-corrected chi connectivity index (χ4v) is 4.96. The molecule has 0 spiro atoms. The maximum absolute atomic E-state index is 13.3. The predicted molar refractivity (Wildman–Crippen MR) is 118 cm³/mol. The van der Waals surface area contributed by atoms with E-state index in [0.29, 0.717) is 11.6 Å². The van der Waals surface area contributed by atoms with Crippen molar-refractivity contribution in [2.24, 2.45) is 0 Å². The smallest absolute Gasteiger partial charge is 0.255 e. The molecule has 2 fully saturated rings. The van der Waals surface area contributed by atoms with Gasteiger partial charge in [0.1, 0.15) is 0 Å². The van der Waals surface area contributed by atoms with E-state index in [4.69, 9.17) is 5.26 Å². The second kappa shape index (κ2) is 8.63. The van der Waals surface area contributed by atoms with Crippen LogP contribution in [0.25, 0.3) is 5.69 Å². The van der Waals surface area contributed by atoms with Crippen molar-refractivity contribution in [2.75, 3.05) is 46.3 Å². The second-order valence-corrected chi connectivity index (χ2v) is 8.67. The Labute approximate surface area is 179 Å². The standard InChI is InChI=1S/C24H31N5O/c1-18-15-23(19(2)29(18)21-8-6-20(16-25)7-9-21)24(30)28-13-11-27(12-14-28)22-5-4-10-26(3)17-22/h6-9,15,22H,4-5,10-14,17H2,1-3H3. The molecule has 158 valence electrons. The second-order valence-electron chi connectivity index (χ2n) is 8.67. The minimum Gasteiger partial charge on any atom is -0.336 e. The van der Waals surface area contributed by atoms with E-state index in [-0.39, 0.29) is 5.91 Å². The Bertz CT molecular complexity index is 947. The highest BCUT2D eigenvalue weighted by atomic mass is 16.2. The molecule has 0 bridgehead atoms. The van der Waals surface area contributed by atoms with Crippen LogP contribution in [-0.2, 0) is 0 Å². The first-order valence-electron chi connectivity index (χ1n) is 10.9. The Hall–Kier alpha value is -2.62. The van der Waals surface area contributed by atoms with Crippen LogP contribution in [0.5, 0.6) is 0 Å². The highest BCUT2D eigenvalue weighted by molar-refractivity contribution is 5.96. The highest BCUT2D eigenvalue weighted by Crippen LogP contribution is 2.24. The lowest BCUT2D eigenvalue weighted by atomic mass is 10.0. The average Bonchev–Trinajstić information content (AvgIpc) is 3.07. The summed E-state index contributed by atoms with van der Waals surface area (Å²) in [7, 11) is 2.20. The number of carbonyl (C=O) groups is 1. The first-order chi connectivity index (χ1) is 14.5. The lowest BCUT2D eigenvalue weighted by Gasteiger charge is -2.42. The van der Waals surface area contributed by atoms with Crippen molar-refractivity contribution in [2.45, 2.75) is 32.7 Å². The Balaban J connectivity index is 1.46. The van der Waals surface area contributed by atoms with Crippen molar-refractivity contribution < 1.29 is 4.79 Å². The molecule has 2 aliphatic rings. The summed E-state index contributed by atoms with van der Waals surface area (Å²) in [6.07, 6.45) is 2.53. The number of amides is 1. The molecule has 0 aliphatic carbocycles. The summed E-state index contributed by atoms with van der Waals surface area (Å²) in [5.41, 5.74) is 4.39. The number of aryl methyl sites for hydroxylation is 1. The number of likely N-dealkylation sites (tertiary alicyclic amines) is 1. The number of benzene rings is 1. The van der Waals surface area contributed by atoms with Gasteiger partial charge >= 0.3 is 0 Å². The number of hydrogen-bond donors (Lipinski definition) is 0. The Morgan fingerprint density at radius 3 is 2.40 bits per heavy atom. The number of carbonyl (C=O) groups excluding carboxylic acids is 1. The third-order valence-corrected chi connectivity index (χ3v) is 6.63. The van der Waals surface area contributed by atoms with Crippen LogP contribution in [0.15, 0.2) is 30.3 Å². The van der Waals surface area contributed by atoms with Crippen LogP contribution in [0.2, 0.25) is 0 Å². The molecule has 4 rings (SSSR count). The number of piperidine rings is 1. The largest absolute Gasteiger partial charge is 0.336 e. The van der Waals surface area contributed by atoms with E-state index in [2.05, 4.69) is 27.5 Å². The molecular weight excluding hydrogens is 374 g/mol. The summed E-state index contributed by atoms with van der Waals surface area (Å²) in [5.74, 6) is 0.128. The van der Waals surface area contributed by atoms with Crippen molar-refractivity contribution in [1.82, 2.24) is 19.3 Å². The van der Waals surface area contributed by atoms with Gasteiger partial charge in [-0.2, -0.15) is 5.26 Å². The number of likely N-dealkylation sites (N-methyl/N-ethyl adjacent to an activating group) is 1. The van der Waals surface area contributed by atoms with Crippen molar-refractivity contribution in [1.29, 1.82) is 5.26 Å². The summed E-state index contributed by atoms with van der Waals surface area (Å²) in [4.78, 5) is 20.3. The number of aromatic nitrogens is 1. The van der Waals surface area contributed by atoms with Crippen molar-refractivity contribution in [3.05, 3.63) is 52.8 Å². The van der Waals surface area contributed by atoms with Gasteiger partial charge in [0.2, 0.25) is 0 Å². The highest BCUT2D eigenvalue weighted by Gasteiger charge is 2.30. The number of hydrogen-bond acceptors (Lipinski definition) is 4. The first kappa shape index (κ1) is 20.6. The van der Waals surface area contributed by atoms with Crippen LogP contribution in [0.3, 0.4) is 0 Å². The molecular formula is C24H31N5O. The van der Waals surface area contributed by atoms with Crippen molar-refractivity contribution in [3.8, 4) is 11.8 Å². The molecule has 1 unspecified atom stereocenters. The van der Waals surface area contributed by atoms with Gasteiger partial charge in [0, 0.05) is 55.8 Å². The van der Waals surface area contributed by atoms with Gasteiger partial charge in [-0.25, -0.2) is 0 Å². The van der Waals surface area contributed by atoms with Crippen LogP contribution in [0.4, 0.5) is 0 Å². The zero-order chi connectivity index (χ0) is 21.3. The van der Waals surface area contributed by atoms with Crippen LogP contribution in [-0.4, -0.2) is 77.5 Å². The Morgan fingerprint density at radius 2 is 1.77 bits per heavy atom. The van der Waals surface area contributed by atoms with Crippen LogP contribution < -0.4 is 0 Å². The van der Waals surface area contributed by atoms with Crippen LogP contribution in [0, 0.1) is 25.2 Å². The lowest BCUT2D eigenvalue weighted by Crippen LogP contribution is -2.55. The lowest BCUT2D eigenvalue weighted by molar-refractivity contribution is 0.0451. The molecule has 3 heterocycles. The van der Waals surface area contributed by atoms with Crippen LogP contribution in [0.1, 0.15) is 40.2 Å². The number of rotatable bonds is 3. The van der Waals surface area contributed by atoms with E-state index in [1.54, 1.807) is 0 Å². The molecule has 1 amide bonds. The monoisotopic (exact) mass is 405 g/mol. The van der Waals surface area contributed by atoms with E-state index in [9.17, 15) is 4.79 Å². The molecule has 2 aromatic rings. The van der Waals surface area contributed by atoms with Gasteiger partial charge in [-0.1, -0.05) is 0 Å². The zero-order valence-electron chi connectivity index (χ0n) is 18.3. The minimum atomic E-state index is 0.128. The van der Waals surface area contributed by atoms with Crippen LogP contribution >= 0.6 is 0 Å². The molecule has 1 aromatic heterocycles. The Kier molecular flexibility index (Phi) is 5.94. The average molecular weight is 406 g/mol. The molecule has 1 atom stereocenters. The van der Waals surface area contributed by atoms with E-state index < -0.39 is 0 Å². The summed E-state index contributed by atoms with van der Waals surface area (Å²) in [6, 6.07) is 12.3. The summed E-state index contributed by atoms with van der Waals surface area (Å²) in [5, 5.41) is 9.03. The van der Waals surface area contributed by atoms with E-state index >= 15 is 0 Å². The molecule has 2 saturated heterocycles. The van der Waals surface area contributed by atoms with Gasteiger partial charge in [0.25, 0.3) is 5.91 Å². The molecule has 6 heteroatoms. The van der Waals surface area contributed by atoms with Crippen molar-refractivity contribution in [3.63, 3.8) is 0 Å². The first-order valence-corrected chi connectivity index (χ1v) is 10.9. The normalized spacial score (nSPS) is 20.9. The minimum absolute atomic E-state index is 0.128. The third-order valence-electron chi connectivity index (χ3n) is 6.63. The van der Waals surface area contributed by atoms with E-state index in [1.807, 2.05) is 49.1 Å². The number of nitriles is 1.